The van der Waals surface area contributed by atoms with Gasteiger partial charge in [-0.3, -0.25) is 0 Å². The molecule has 1 saturated heterocycles. The van der Waals surface area contributed by atoms with E-state index in [0.717, 1.165) is 11.1 Å². The zero-order valence-corrected chi connectivity index (χ0v) is 15.4. The number of nitrogens with zero attached hydrogens (tertiary/aromatic N) is 1. The Morgan fingerprint density at radius 1 is 1.15 bits per heavy atom. The number of hydrogen-bond acceptors (Lipinski definition) is 5. The smallest absolute Gasteiger partial charge is 0.214 e. The summed E-state index contributed by atoms with van der Waals surface area (Å²) in [5.41, 5.74) is 1.68. The average Bonchev–Trinajstić information content (AvgIpc) is 3.02. The topological polar surface area (TPSA) is 77.5 Å². The summed E-state index contributed by atoms with van der Waals surface area (Å²) < 4.78 is 50.9. The highest BCUT2D eigenvalue weighted by Crippen LogP contribution is 2.24. The Hall–Kier alpha value is -2.03. The fourth-order valence-corrected chi connectivity index (χ4v) is 3.47. The molecule has 0 aliphatic carbocycles. The lowest BCUT2D eigenvalue weighted by Gasteiger charge is -2.21. The van der Waals surface area contributed by atoms with Crippen molar-refractivity contribution >= 4 is 10.0 Å². The van der Waals surface area contributed by atoms with E-state index in [1.807, 2.05) is 12.1 Å². The van der Waals surface area contributed by atoms with E-state index in [2.05, 4.69) is 9.71 Å². The number of pyridine rings is 1. The van der Waals surface area contributed by atoms with Gasteiger partial charge >= 0.3 is 0 Å². The number of nitrogens with one attached hydrogen (secondary N) is 1. The van der Waals surface area contributed by atoms with Crippen molar-refractivity contribution < 1.29 is 22.3 Å². The second-order valence-corrected chi connectivity index (χ2v) is 8.67. The Balaban J connectivity index is 1.67. The van der Waals surface area contributed by atoms with Crippen molar-refractivity contribution in [1.82, 2.24) is 9.71 Å². The molecule has 1 aromatic carbocycles. The standard InChI is InChI=1S/C18H21FN2O4S/c1-12(2)26(22,23)21-16-10-24-11-17(16)25-15-6-3-13(4-7-15)14-5-8-18(19)20-9-14/h3-9,12,16-17,21H,10-11H2,1-2H3. The van der Waals surface area contributed by atoms with Crippen LogP contribution in [0.5, 0.6) is 5.75 Å². The van der Waals surface area contributed by atoms with Crippen molar-refractivity contribution in [1.29, 1.82) is 0 Å². The Bertz CT molecular complexity index is 838. The first-order valence-corrected chi connectivity index (χ1v) is 9.87. The Morgan fingerprint density at radius 3 is 2.46 bits per heavy atom. The monoisotopic (exact) mass is 380 g/mol. The van der Waals surface area contributed by atoms with Crippen molar-refractivity contribution in [3.63, 3.8) is 0 Å². The van der Waals surface area contributed by atoms with Crippen LogP contribution < -0.4 is 9.46 Å². The van der Waals surface area contributed by atoms with Crippen LogP contribution in [0.15, 0.2) is 42.6 Å². The van der Waals surface area contributed by atoms with Gasteiger partial charge in [-0.05, 0) is 43.7 Å². The third-order valence-electron chi connectivity index (χ3n) is 4.17. The van der Waals surface area contributed by atoms with Gasteiger partial charge in [0.2, 0.25) is 16.0 Å². The van der Waals surface area contributed by atoms with Gasteiger partial charge in [-0.25, -0.2) is 18.1 Å². The normalized spacial score (nSPS) is 20.5. The van der Waals surface area contributed by atoms with Gasteiger partial charge < -0.3 is 9.47 Å². The first kappa shape index (κ1) is 18.8. The minimum atomic E-state index is -3.40. The molecular weight excluding hydrogens is 359 g/mol. The highest BCUT2D eigenvalue weighted by Gasteiger charge is 2.34. The maximum Gasteiger partial charge on any atom is 0.214 e. The van der Waals surface area contributed by atoms with E-state index in [-0.39, 0.29) is 6.61 Å². The molecular formula is C18H21FN2O4S. The highest BCUT2D eigenvalue weighted by molar-refractivity contribution is 7.90. The molecule has 1 N–H and O–H groups in total. The number of benzene rings is 1. The van der Waals surface area contributed by atoms with Crippen LogP contribution in [0.1, 0.15) is 13.8 Å². The lowest BCUT2D eigenvalue weighted by molar-refractivity contribution is 0.140. The van der Waals surface area contributed by atoms with Crippen LogP contribution in [-0.2, 0) is 14.8 Å². The van der Waals surface area contributed by atoms with E-state index in [1.54, 1.807) is 32.0 Å². The Labute approximate surface area is 152 Å². The van der Waals surface area contributed by atoms with E-state index < -0.39 is 33.4 Å². The molecule has 3 rings (SSSR count). The van der Waals surface area contributed by atoms with E-state index in [1.165, 1.54) is 12.3 Å². The quantitative estimate of drug-likeness (QED) is 0.779. The molecule has 2 unspecified atom stereocenters. The molecule has 0 saturated carbocycles. The number of hydrogen-bond donors (Lipinski definition) is 1. The third kappa shape index (κ3) is 4.38. The zero-order valence-electron chi connectivity index (χ0n) is 14.6. The van der Waals surface area contributed by atoms with Crippen LogP contribution in [-0.4, -0.2) is 44.0 Å². The molecule has 6 nitrogen and oxygen atoms in total. The Morgan fingerprint density at radius 2 is 1.85 bits per heavy atom. The van der Waals surface area contributed by atoms with Crippen LogP contribution in [0, 0.1) is 5.95 Å². The summed E-state index contributed by atoms with van der Waals surface area (Å²) in [7, 11) is -3.40. The molecule has 8 heteroatoms. The second-order valence-electron chi connectivity index (χ2n) is 6.41. The molecule has 2 aromatic rings. The van der Waals surface area contributed by atoms with Crippen LogP contribution in [0.25, 0.3) is 11.1 Å². The first-order chi connectivity index (χ1) is 12.3. The van der Waals surface area contributed by atoms with Crippen molar-refractivity contribution in [3.8, 4) is 16.9 Å². The number of ether oxygens (including phenoxy) is 2. The average molecular weight is 380 g/mol. The van der Waals surface area contributed by atoms with Gasteiger partial charge in [0.15, 0.2) is 0 Å². The molecule has 0 spiro atoms. The second kappa shape index (κ2) is 7.69. The summed E-state index contributed by atoms with van der Waals surface area (Å²) in [4.78, 5) is 3.64. The summed E-state index contributed by atoms with van der Waals surface area (Å²) in [6.07, 6.45) is 1.06. The lowest BCUT2D eigenvalue weighted by Crippen LogP contribution is -2.47. The van der Waals surface area contributed by atoms with E-state index >= 15 is 0 Å². The molecule has 1 aromatic heterocycles. The molecule has 0 amide bonds. The lowest BCUT2D eigenvalue weighted by atomic mass is 10.1. The molecule has 1 fully saturated rings. The van der Waals surface area contributed by atoms with Gasteiger partial charge in [0.25, 0.3) is 0 Å². The molecule has 1 aliphatic heterocycles. The number of rotatable bonds is 6. The fourth-order valence-electron chi connectivity index (χ4n) is 2.56. The number of sulfonamides is 1. The summed E-state index contributed by atoms with van der Waals surface area (Å²) in [6.45, 7) is 3.83. The van der Waals surface area contributed by atoms with Gasteiger partial charge in [0, 0.05) is 11.8 Å². The van der Waals surface area contributed by atoms with Gasteiger partial charge in [0.05, 0.1) is 24.5 Å². The summed E-state index contributed by atoms with van der Waals surface area (Å²) >= 11 is 0. The van der Waals surface area contributed by atoms with Crippen LogP contribution >= 0.6 is 0 Å². The molecule has 0 bridgehead atoms. The van der Waals surface area contributed by atoms with Gasteiger partial charge in [-0.2, -0.15) is 4.39 Å². The predicted octanol–water partition coefficient (Wildman–Crippen LogP) is 2.36. The molecule has 140 valence electrons. The van der Waals surface area contributed by atoms with Crippen molar-refractivity contribution in [2.45, 2.75) is 31.2 Å². The van der Waals surface area contributed by atoms with E-state index in [9.17, 15) is 12.8 Å². The minimum Gasteiger partial charge on any atom is -0.486 e. The maximum absolute atomic E-state index is 12.9. The molecule has 2 atom stereocenters. The fraction of sp³-hybridized carbons (Fsp3) is 0.389. The maximum atomic E-state index is 12.9. The largest absolute Gasteiger partial charge is 0.486 e. The number of halogens is 1. The predicted molar refractivity (Wildman–Crippen MR) is 95.8 cm³/mol. The zero-order chi connectivity index (χ0) is 18.7. The van der Waals surface area contributed by atoms with Crippen molar-refractivity contribution in [3.05, 3.63) is 48.5 Å². The van der Waals surface area contributed by atoms with E-state index in [4.69, 9.17) is 9.47 Å². The van der Waals surface area contributed by atoms with Crippen molar-refractivity contribution in [2.75, 3.05) is 13.2 Å². The van der Waals surface area contributed by atoms with Gasteiger partial charge in [-0.15, -0.1) is 0 Å². The van der Waals surface area contributed by atoms with Crippen molar-refractivity contribution in [2.24, 2.45) is 0 Å². The Kier molecular flexibility index (Phi) is 5.55. The third-order valence-corrected chi connectivity index (χ3v) is 6.04. The number of aromatic nitrogens is 1. The molecule has 2 heterocycles. The van der Waals surface area contributed by atoms with Crippen LogP contribution in [0.4, 0.5) is 4.39 Å². The minimum absolute atomic E-state index is 0.274. The van der Waals surface area contributed by atoms with Crippen LogP contribution in [0.2, 0.25) is 0 Å². The summed E-state index contributed by atoms with van der Waals surface area (Å²) in [6, 6.07) is 9.78. The highest BCUT2D eigenvalue weighted by atomic mass is 32.2. The summed E-state index contributed by atoms with van der Waals surface area (Å²) in [5, 5.41) is -0.521. The molecule has 26 heavy (non-hydrogen) atoms. The molecule has 1 aliphatic rings. The first-order valence-electron chi connectivity index (χ1n) is 8.33. The summed E-state index contributed by atoms with van der Waals surface area (Å²) in [5.74, 6) is 0.0814. The SMILES string of the molecule is CC(C)S(=O)(=O)NC1COCC1Oc1ccc(-c2ccc(F)nc2)cc1. The van der Waals surface area contributed by atoms with Gasteiger partial charge in [-0.1, -0.05) is 12.1 Å². The van der Waals surface area contributed by atoms with E-state index in [0.29, 0.717) is 12.4 Å². The molecule has 0 radical (unpaired) electrons. The van der Waals surface area contributed by atoms with Gasteiger partial charge in [0.1, 0.15) is 11.9 Å². The van der Waals surface area contributed by atoms with Crippen LogP contribution in [0.3, 0.4) is 0 Å².